The van der Waals surface area contributed by atoms with Gasteiger partial charge in [-0.25, -0.2) is 0 Å². The average Bonchev–Trinajstić information content (AvgIpc) is 3.01. The van der Waals surface area contributed by atoms with E-state index < -0.39 is 0 Å². The van der Waals surface area contributed by atoms with Gasteiger partial charge >= 0.3 is 0 Å². The molecular weight excluding hydrogens is 356 g/mol. The second-order valence-corrected chi connectivity index (χ2v) is 6.35. The van der Waals surface area contributed by atoms with Crippen LogP contribution >= 0.6 is 11.6 Å². The van der Waals surface area contributed by atoms with E-state index >= 15 is 0 Å². The number of hydrogen-bond donors (Lipinski definition) is 1. The van der Waals surface area contributed by atoms with Gasteiger partial charge in [0.05, 0.1) is 13.2 Å². The van der Waals surface area contributed by atoms with Gasteiger partial charge in [-0.15, -0.1) is 0 Å². The van der Waals surface area contributed by atoms with Crippen LogP contribution in [0.15, 0.2) is 48.5 Å². The van der Waals surface area contributed by atoms with Crippen LogP contribution in [0.5, 0.6) is 11.5 Å². The highest BCUT2D eigenvalue weighted by molar-refractivity contribution is 6.30. The zero-order chi connectivity index (χ0) is 18.5. The molecule has 0 saturated carbocycles. The molecule has 0 aromatic heterocycles. The van der Waals surface area contributed by atoms with E-state index in [0.29, 0.717) is 23.1 Å². The topological polar surface area (TPSA) is 67.9 Å². The van der Waals surface area contributed by atoms with Gasteiger partial charge < -0.3 is 19.7 Å². The summed E-state index contributed by atoms with van der Waals surface area (Å²) in [6, 6.07) is 13.8. The summed E-state index contributed by atoms with van der Waals surface area (Å²) in [5.74, 6) is 0.991. The number of methoxy groups -OCH3 is 1. The van der Waals surface area contributed by atoms with Crippen LogP contribution < -0.4 is 19.7 Å². The Morgan fingerprint density at radius 3 is 2.46 bits per heavy atom. The third-order valence-electron chi connectivity index (χ3n) is 4.06. The zero-order valence-electron chi connectivity index (χ0n) is 14.3. The van der Waals surface area contributed by atoms with Gasteiger partial charge in [0.15, 0.2) is 6.61 Å². The molecule has 0 radical (unpaired) electrons. The number of hydrogen-bond acceptors (Lipinski definition) is 4. The molecule has 3 rings (SSSR count). The monoisotopic (exact) mass is 374 g/mol. The number of rotatable bonds is 6. The van der Waals surface area contributed by atoms with E-state index in [0.717, 1.165) is 5.69 Å². The second kappa shape index (κ2) is 8.10. The van der Waals surface area contributed by atoms with Crippen LogP contribution in [0.1, 0.15) is 6.42 Å². The number of carbonyl (C=O) groups is 2. The first-order valence-electron chi connectivity index (χ1n) is 8.17. The molecule has 1 N–H and O–H groups in total. The predicted octanol–water partition coefficient (Wildman–Crippen LogP) is 2.65. The lowest BCUT2D eigenvalue weighted by molar-refractivity contribution is -0.123. The van der Waals surface area contributed by atoms with Gasteiger partial charge in [0.1, 0.15) is 11.5 Å². The number of anilines is 1. The number of carbonyl (C=O) groups excluding carboxylic acids is 2. The molecule has 26 heavy (non-hydrogen) atoms. The minimum absolute atomic E-state index is 0.0336. The number of halogens is 1. The van der Waals surface area contributed by atoms with Crippen LogP contribution in [0.25, 0.3) is 0 Å². The third kappa shape index (κ3) is 4.46. The summed E-state index contributed by atoms with van der Waals surface area (Å²) in [7, 11) is 1.58. The smallest absolute Gasteiger partial charge is 0.258 e. The average molecular weight is 375 g/mol. The van der Waals surface area contributed by atoms with E-state index in [1.165, 1.54) is 0 Å². The van der Waals surface area contributed by atoms with E-state index in [-0.39, 0.29) is 30.9 Å². The van der Waals surface area contributed by atoms with Crippen molar-refractivity contribution in [2.24, 2.45) is 0 Å². The van der Waals surface area contributed by atoms with E-state index in [2.05, 4.69) is 5.32 Å². The Labute approximate surface area is 156 Å². The van der Waals surface area contributed by atoms with Crippen LogP contribution in [0.4, 0.5) is 5.69 Å². The second-order valence-electron chi connectivity index (χ2n) is 5.91. The zero-order valence-corrected chi connectivity index (χ0v) is 15.0. The Kier molecular flexibility index (Phi) is 5.63. The molecule has 1 aliphatic rings. The minimum atomic E-state index is -0.267. The van der Waals surface area contributed by atoms with Crippen LogP contribution in [0.3, 0.4) is 0 Å². The number of benzene rings is 2. The van der Waals surface area contributed by atoms with Crippen molar-refractivity contribution in [1.82, 2.24) is 5.32 Å². The van der Waals surface area contributed by atoms with Crippen molar-refractivity contribution < 1.29 is 19.1 Å². The Bertz CT molecular complexity index is 777. The van der Waals surface area contributed by atoms with Crippen LogP contribution in [-0.2, 0) is 9.59 Å². The Morgan fingerprint density at radius 2 is 1.81 bits per heavy atom. The Morgan fingerprint density at radius 1 is 1.15 bits per heavy atom. The highest BCUT2D eigenvalue weighted by Gasteiger charge is 2.31. The highest BCUT2D eigenvalue weighted by atomic mass is 35.5. The normalized spacial score (nSPS) is 16.5. The molecule has 136 valence electrons. The van der Waals surface area contributed by atoms with Crippen molar-refractivity contribution in [1.29, 1.82) is 0 Å². The molecule has 2 aromatic carbocycles. The standard InChI is InChI=1S/C19H19ClN2O4/c1-25-16-6-8-17(9-7-16)26-12-18(23)21-14-10-19(24)22(11-14)15-4-2-13(20)3-5-15/h2-9,14H,10-12H2,1H3,(H,21,23)/t14-/m0/s1. The quantitative estimate of drug-likeness (QED) is 0.844. The van der Waals surface area contributed by atoms with Crippen molar-refractivity contribution in [3.05, 3.63) is 53.6 Å². The number of amides is 2. The highest BCUT2D eigenvalue weighted by Crippen LogP contribution is 2.23. The van der Waals surface area contributed by atoms with Gasteiger partial charge in [-0.3, -0.25) is 9.59 Å². The van der Waals surface area contributed by atoms with E-state index in [4.69, 9.17) is 21.1 Å². The van der Waals surface area contributed by atoms with Crippen LogP contribution in [-0.4, -0.2) is 38.1 Å². The molecule has 6 nitrogen and oxygen atoms in total. The number of nitrogens with zero attached hydrogens (tertiary/aromatic N) is 1. The van der Waals surface area contributed by atoms with Gasteiger partial charge in [0, 0.05) is 23.7 Å². The van der Waals surface area contributed by atoms with E-state index in [9.17, 15) is 9.59 Å². The van der Waals surface area contributed by atoms with E-state index in [1.807, 2.05) is 0 Å². The van der Waals surface area contributed by atoms with Gasteiger partial charge in [-0.1, -0.05) is 11.6 Å². The molecule has 1 aliphatic heterocycles. The lowest BCUT2D eigenvalue weighted by Crippen LogP contribution is -2.39. The molecule has 0 unspecified atom stereocenters. The summed E-state index contributed by atoms with van der Waals surface area (Å²) < 4.78 is 10.5. The molecule has 0 spiro atoms. The van der Waals surface area contributed by atoms with Crippen molar-refractivity contribution in [2.75, 3.05) is 25.2 Å². The van der Waals surface area contributed by atoms with Crippen molar-refractivity contribution in [3.63, 3.8) is 0 Å². The van der Waals surface area contributed by atoms with Crippen molar-refractivity contribution in [3.8, 4) is 11.5 Å². The molecule has 0 bridgehead atoms. The van der Waals surface area contributed by atoms with Gasteiger partial charge in [-0.2, -0.15) is 0 Å². The molecule has 1 saturated heterocycles. The number of ether oxygens (including phenoxy) is 2. The van der Waals surface area contributed by atoms with Crippen LogP contribution in [0.2, 0.25) is 5.02 Å². The van der Waals surface area contributed by atoms with Crippen molar-refractivity contribution in [2.45, 2.75) is 12.5 Å². The fraction of sp³-hybridized carbons (Fsp3) is 0.263. The fourth-order valence-corrected chi connectivity index (χ4v) is 2.89. The summed E-state index contributed by atoms with van der Waals surface area (Å²) in [5.41, 5.74) is 0.769. The van der Waals surface area contributed by atoms with Gasteiger partial charge in [-0.05, 0) is 48.5 Å². The summed E-state index contributed by atoms with van der Waals surface area (Å²) in [6.07, 6.45) is 0.261. The molecule has 0 aliphatic carbocycles. The Balaban J connectivity index is 1.50. The summed E-state index contributed by atoms with van der Waals surface area (Å²) in [4.78, 5) is 25.9. The molecule has 1 atom stereocenters. The molecule has 1 fully saturated rings. The number of nitrogens with one attached hydrogen (secondary N) is 1. The Hall–Kier alpha value is -2.73. The first-order chi connectivity index (χ1) is 12.5. The summed E-state index contributed by atoms with van der Waals surface area (Å²) in [6.45, 7) is 0.312. The third-order valence-corrected chi connectivity index (χ3v) is 4.31. The maximum absolute atomic E-state index is 12.2. The lowest BCUT2D eigenvalue weighted by atomic mass is 10.2. The first kappa shape index (κ1) is 18.1. The molecule has 1 heterocycles. The maximum atomic E-state index is 12.2. The molecule has 2 amide bonds. The molecular formula is C19H19ClN2O4. The predicted molar refractivity (Wildman–Crippen MR) is 98.8 cm³/mol. The van der Waals surface area contributed by atoms with Gasteiger partial charge in [0.2, 0.25) is 5.91 Å². The van der Waals surface area contributed by atoms with E-state index in [1.54, 1.807) is 60.5 Å². The van der Waals surface area contributed by atoms with Crippen molar-refractivity contribution >= 4 is 29.1 Å². The first-order valence-corrected chi connectivity index (χ1v) is 8.55. The van der Waals surface area contributed by atoms with Gasteiger partial charge in [0.25, 0.3) is 5.91 Å². The fourth-order valence-electron chi connectivity index (χ4n) is 2.77. The molecule has 7 heteroatoms. The molecule has 2 aromatic rings. The minimum Gasteiger partial charge on any atom is -0.497 e. The SMILES string of the molecule is COc1ccc(OCC(=O)N[C@H]2CC(=O)N(c3ccc(Cl)cc3)C2)cc1. The van der Waals surface area contributed by atoms with Crippen LogP contribution in [0, 0.1) is 0 Å². The summed E-state index contributed by atoms with van der Waals surface area (Å²) in [5, 5.41) is 3.45. The maximum Gasteiger partial charge on any atom is 0.258 e. The summed E-state index contributed by atoms with van der Waals surface area (Å²) >= 11 is 5.87. The lowest BCUT2D eigenvalue weighted by Gasteiger charge is -2.17. The largest absolute Gasteiger partial charge is 0.497 e.